The van der Waals surface area contributed by atoms with Crippen molar-refractivity contribution in [2.45, 2.75) is 32.9 Å². The van der Waals surface area contributed by atoms with Gasteiger partial charge in [-0.2, -0.15) is 0 Å². The van der Waals surface area contributed by atoms with Crippen molar-refractivity contribution in [2.75, 3.05) is 20.3 Å². The molecule has 0 saturated carbocycles. The van der Waals surface area contributed by atoms with Crippen molar-refractivity contribution in [2.24, 2.45) is 5.16 Å². The molecule has 0 aromatic heterocycles. The number of oxime groups is 1. The smallest absolute Gasteiger partial charge is 0.261 e. The minimum atomic E-state index is -0.269. The summed E-state index contributed by atoms with van der Waals surface area (Å²) in [5, 5.41) is 6.65. The predicted molar refractivity (Wildman–Crippen MR) is 110 cm³/mol. The van der Waals surface area contributed by atoms with Crippen molar-refractivity contribution >= 4 is 12.1 Å². The van der Waals surface area contributed by atoms with Crippen LogP contribution >= 0.6 is 0 Å². The van der Waals surface area contributed by atoms with Gasteiger partial charge in [-0.15, -0.1) is 0 Å². The van der Waals surface area contributed by atoms with Gasteiger partial charge in [0.2, 0.25) is 0 Å². The van der Waals surface area contributed by atoms with Crippen molar-refractivity contribution in [1.29, 1.82) is 0 Å². The van der Waals surface area contributed by atoms with Crippen LogP contribution in [0.25, 0.3) is 0 Å². The van der Waals surface area contributed by atoms with E-state index in [2.05, 4.69) is 10.5 Å². The van der Waals surface area contributed by atoms with Crippen LogP contribution in [-0.4, -0.2) is 38.5 Å². The van der Waals surface area contributed by atoms with Gasteiger partial charge >= 0.3 is 0 Å². The number of benzene rings is 2. The average Bonchev–Trinajstić information content (AvgIpc) is 3.09. The first-order valence-corrected chi connectivity index (χ1v) is 9.60. The summed E-state index contributed by atoms with van der Waals surface area (Å²) in [7, 11) is 1.61. The molecule has 154 valence electrons. The molecule has 1 aliphatic rings. The molecule has 0 aliphatic carbocycles. The molecular weight excluding hydrogens is 372 g/mol. The summed E-state index contributed by atoms with van der Waals surface area (Å²) in [6.45, 7) is 4.67. The number of ether oxygens (including phenoxy) is 3. The van der Waals surface area contributed by atoms with Gasteiger partial charge in [0.05, 0.1) is 19.9 Å². The number of carbonyl (C=O) groups is 1. The number of hydrogen-bond acceptors (Lipinski definition) is 6. The lowest BCUT2D eigenvalue weighted by atomic mass is 10.1. The molecule has 29 heavy (non-hydrogen) atoms. The van der Waals surface area contributed by atoms with Crippen LogP contribution in [0.4, 0.5) is 0 Å². The maximum absolute atomic E-state index is 12.1. The number of nitrogens with zero attached hydrogens (tertiary/aromatic N) is 1. The summed E-state index contributed by atoms with van der Waals surface area (Å²) in [6.07, 6.45) is 2.56. The van der Waals surface area contributed by atoms with E-state index in [1.54, 1.807) is 13.3 Å². The summed E-state index contributed by atoms with van der Waals surface area (Å²) in [5.74, 6) is 2.11. The lowest BCUT2D eigenvalue weighted by Crippen LogP contribution is -2.26. The molecule has 0 saturated heterocycles. The molecule has 2 aromatic carbocycles. The van der Waals surface area contributed by atoms with E-state index in [-0.39, 0.29) is 18.6 Å². The fraction of sp³-hybridized carbons (Fsp3) is 0.364. The molecular formula is C22H26N2O5. The molecule has 1 N–H and O–H groups in total. The first-order valence-electron chi connectivity index (χ1n) is 9.60. The number of amides is 1. The van der Waals surface area contributed by atoms with Gasteiger partial charge in [0, 0.05) is 24.1 Å². The van der Waals surface area contributed by atoms with E-state index in [0.29, 0.717) is 13.2 Å². The second kappa shape index (κ2) is 9.82. The third kappa shape index (κ3) is 5.63. The van der Waals surface area contributed by atoms with Crippen LogP contribution in [0.2, 0.25) is 0 Å². The van der Waals surface area contributed by atoms with Gasteiger partial charge in [-0.3, -0.25) is 4.79 Å². The molecule has 0 fully saturated rings. The third-order valence-corrected chi connectivity index (χ3v) is 4.44. The highest BCUT2D eigenvalue weighted by Gasteiger charge is 2.22. The first-order chi connectivity index (χ1) is 14.1. The number of carbonyl (C=O) groups excluding carboxylic acids is 1. The summed E-state index contributed by atoms with van der Waals surface area (Å²) >= 11 is 0. The zero-order chi connectivity index (χ0) is 20.6. The maximum Gasteiger partial charge on any atom is 0.261 e. The van der Waals surface area contributed by atoms with Crippen molar-refractivity contribution in [1.82, 2.24) is 5.32 Å². The Morgan fingerprint density at radius 1 is 1.31 bits per heavy atom. The Morgan fingerprint density at radius 3 is 2.83 bits per heavy atom. The van der Waals surface area contributed by atoms with E-state index in [4.69, 9.17) is 19.0 Å². The summed E-state index contributed by atoms with van der Waals surface area (Å²) in [6, 6.07) is 11.3. The molecule has 0 bridgehead atoms. The van der Waals surface area contributed by atoms with E-state index < -0.39 is 0 Å². The minimum absolute atomic E-state index is 0.154. The molecule has 0 radical (unpaired) electrons. The Labute approximate surface area is 170 Å². The highest BCUT2D eigenvalue weighted by Crippen LogP contribution is 2.35. The Bertz CT molecular complexity index is 864. The number of nitrogens with one attached hydrogen (secondary N) is 1. The molecule has 0 spiro atoms. The third-order valence-electron chi connectivity index (χ3n) is 4.44. The Morgan fingerprint density at radius 2 is 2.10 bits per heavy atom. The molecule has 2 aromatic rings. The van der Waals surface area contributed by atoms with Gasteiger partial charge in [0.15, 0.2) is 6.61 Å². The molecule has 7 heteroatoms. The van der Waals surface area contributed by atoms with Gasteiger partial charge < -0.3 is 24.4 Å². The van der Waals surface area contributed by atoms with E-state index in [9.17, 15) is 4.79 Å². The lowest BCUT2D eigenvalue weighted by Gasteiger charge is -2.13. The zero-order valence-electron chi connectivity index (χ0n) is 16.9. The van der Waals surface area contributed by atoms with Gasteiger partial charge in [-0.25, -0.2) is 0 Å². The minimum Gasteiger partial charge on any atom is -0.497 e. The fourth-order valence-corrected chi connectivity index (χ4v) is 3.04. The van der Waals surface area contributed by atoms with Gasteiger partial charge in [0.25, 0.3) is 5.91 Å². The molecule has 1 aliphatic heterocycles. The van der Waals surface area contributed by atoms with Crippen LogP contribution in [0.1, 0.15) is 30.5 Å². The molecule has 1 atom stereocenters. The molecule has 1 amide bonds. The quantitative estimate of drug-likeness (QED) is 0.519. The van der Waals surface area contributed by atoms with Crippen LogP contribution in [0.15, 0.2) is 41.6 Å². The maximum atomic E-state index is 12.1. The monoisotopic (exact) mass is 398 g/mol. The molecule has 3 rings (SSSR count). The van der Waals surface area contributed by atoms with Crippen molar-refractivity contribution in [3.8, 4) is 17.2 Å². The van der Waals surface area contributed by atoms with E-state index >= 15 is 0 Å². The van der Waals surface area contributed by atoms with Gasteiger partial charge in [0.1, 0.15) is 23.4 Å². The van der Waals surface area contributed by atoms with Gasteiger partial charge in [-0.1, -0.05) is 5.16 Å². The number of methoxy groups -OCH3 is 1. The average molecular weight is 398 g/mol. The molecule has 1 heterocycles. The van der Waals surface area contributed by atoms with Crippen molar-refractivity contribution in [3.63, 3.8) is 0 Å². The van der Waals surface area contributed by atoms with E-state index in [1.807, 2.05) is 50.2 Å². The number of fused-ring (bicyclic) bond motifs is 1. The van der Waals surface area contributed by atoms with Crippen molar-refractivity contribution in [3.05, 3.63) is 53.1 Å². The molecule has 0 unspecified atom stereocenters. The normalized spacial score (nSPS) is 14.9. The number of rotatable bonds is 9. The van der Waals surface area contributed by atoms with Crippen LogP contribution in [0, 0.1) is 0 Å². The van der Waals surface area contributed by atoms with Crippen LogP contribution in [-0.2, 0) is 22.6 Å². The Kier molecular flexibility index (Phi) is 6.94. The topological polar surface area (TPSA) is 78.4 Å². The van der Waals surface area contributed by atoms with Crippen LogP contribution < -0.4 is 19.5 Å². The lowest BCUT2D eigenvalue weighted by molar-refractivity contribution is -0.125. The largest absolute Gasteiger partial charge is 0.497 e. The zero-order valence-corrected chi connectivity index (χ0v) is 16.9. The van der Waals surface area contributed by atoms with E-state index in [1.165, 1.54) is 0 Å². The fourth-order valence-electron chi connectivity index (χ4n) is 3.04. The predicted octanol–water partition coefficient (Wildman–Crippen LogP) is 3.08. The summed E-state index contributed by atoms with van der Waals surface area (Å²) in [5.41, 5.74) is 2.85. The van der Waals surface area contributed by atoms with E-state index in [0.717, 1.165) is 40.4 Å². The summed E-state index contributed by atoms with van der Waals surface area (Å²) in [4.78, 5) is 17.1. The van der Waals surface area contributed by atoms with Crippen LogP contribution in [0.3, 0.4) is 0 Å². The number of hydrogen-bond donors (Lipinski definition) is 1. The van der Waals surface area contributed by atoms with Crippen molar-refractivity contribution < 1.29 is 23.8 Å². The summed E-state index contributed by atoms with van der Waals surface area (Å²) < 4.78 is 16.6. The highest BCUT2D eigenvalue weighted by atomic mass is 16.6. The SMILES string of the molecule is CCOc1cc2c(cc1CNC(=O)CO/N=C\c1ccc(OC)cc1)O[C@@H](C)C2. The first kappa shape index (κ1) is 20.5. The van der Waals surface area contributed by atoms with Gasteiger partial charge in [-0.05, 0) is 55.8 Å². The Balaban J connectivity index is 1.50. The second-order valence-electron chi connectivity index (χ2n) is 6.69. The standard InChI is InChI=1S/C22H26N2O5/c1-4-27-20-10-17-9-15(2)29-21(17)11-18(20)13-23-22(25)14-28-24-12-16-5-7-19(26-3)8-6-16/h5-8,10-12,15H,4,9,13-14H2,1-3H3,(H,23,25)/b24-12-/t15-/m0/s1. The highest BCUT2D eigenvalue weighted by molar-refractivity contribution is 5.80. The molecule has 7 nitrogen and oxygen atoms in total. The van der Waals surface area contributed by atoms with Crippen LogP contribution in [0.5, 0.6) is 17.2 Å². The Hall–Kier alpha value is -3.22. The second-order valence-corrected chi connectivity index (χ2v) is 6.69.